The first-order chi connectivity index (χ1) is 10.9. The number of methoxy groups -OCH3 is 1. The van der Waals surface area contributed by atoms with Crippen molar-refractivity contribution in [1.82, 2.24) is 10.2 Å². The fourth-order valence-electron chi connectivity index (χ4n) is 2.68. The maximum atomic E-state index is 12.4. The average Bonchev–Trinajstić information content (AvgIpc) is 3.14. The molecule has 0 bridgehead atoms. The van der Waals surface area contributed by atoms with Gasteiger partial charge in [0.05, 0.1) is 12.0 Å². The molecule has 1 aliphatic heterocycles. The van der Waals surface area contributed by atoms with Gasteiger partial charge in [0.25, 0.3) is 0 Å². The first-order valence-electron chi connectivity index (χ1n) is 7.76. The van der Waals surface area contributed by atoms with Gasteiger partial charge in [0.1, 0.15) is 17.6 Å². The second-order valence-corrected chi connectivity index (χ2v) is 6.15. The van der Waals surface area contributed by atoms with Crippen LogP contribution in [0.5, 0.6) is 0 Å². The number of hydrogen-bond donors (Lipinski definition) is 2. The summed E-state index contributed by atoms with van der Waals surface area (Å²) in [5.41, 5.74) is -0.881. The highest BCUT2D eigenvalue weighted by molar-refractivity contribution is 5.79. The molecular weight excluding hydrogens is 300 g/mol. The average molecular weight is 324 g/mol. The van der Waals surface area contributed by atoms with E-state index in [-0.39, 0.29) is 19.2 Å². The number of carbonyl (C=O) groups excluding carboxylic acids is 1. The second kappa shape index (κ2) is 7.04. The molecule has 1 aromatic rings. The predicted octanol–water partition coefficient (Wildman–Crippen LogP) is 2.04. The molecule has 0 saturated carbocycles. The molecule has 0 radical (unpaired) electrons. The summed E-state index contributed by atoms with van der Waals surface area (Å²) >= 11 is 0. The van der Waals surface area contributed by atoms with Gasteiger partial charge in [-0.15, -0.1) is 0 Å². The first-order valence-corrected chi connectivity index (χ1v) is 7.76. The van der Waals surface area contributed by atoms with Crippen molar-refractivity contribution in [2.24, 2.45) is 5.41 Å². The number of ether oxygens (including phenoxy) is 1. The van der Waals surface area contributed by atoms with Crippen LogP contribution in [0.15, 0.2) is 16.5 Å². The highest BCUT2D eigenvalue weighted by Gasteiger charge is 2.42. The number of amides is 2. The Morgan fingerprint density at radius 1 is 1.52 bits per heavy atom. The van der Waals surface area contributed by atoms with E-state index < -0.39 is 17.4 Å². The molecule has 1 aliphatic rings. The Bertz CT molecular complexity index is 571. The van der Waals surface area contributed by atoms with Crippen molar-refractivity contribution in [1.29, 1.82) is 0 Å². The van der Waals surface area contributed by atoms with Crippen LogP contribution in [0.3, 0.4) is 0 Å². The number of rotatable bonds is 6. The Kier molecular flexibility index (Phi) is 5.30. The lowest BCUT2D eigenvalue weighted by Gasteiger charge is -2.23. The maximum absolute atomic E-state index is 12.4. The number of hydrogen-bond acceptors (Lipinski definition) is 4. The minimum Gasteiger partial charge on any atom is -0.481 e. The Morgan fingerprint density at radius 2 is 2.26 bits per heavy atom. The third-order valence-electron chi connectivity index (χ3n) is 4.28. The van der Waals surface area contributed by atoms with Crippen LogP contribution in [0.4, 0.5) is 4.79 Å². The Morgan fingerprint density at radius 3 is 2.78 bits per heavy atom. The van der Waals surface area contributed by atoms with E-state index in [4.69, 9.17) is 9.15 Å². The number of nitrogens with one attached hydrogen (secondary N) is 1. The lowest BCUT2D eigenvalue weighted by atomic mass is 9.90. The summed E-state index contributed by atoms with van der Waals surface area (Å²) in [6, 6.07) is 3.01. The molecule has 2 heterocycles. The van der Waals surface area contributed by atoms with E-state index in [9.17, 15) is 14.7 Å². The fraction of sp³-hybridized carbons (Fsp3) is 0.625. The molecular formula is C16H24N2O5. The van der Waals surface area contributed by atoms with Gasteiger partial charge in [-0.2, -0.15) is 0 Å². The molecule has 128 valence electrons. The van der Waals surface area contributed by atoms with Crippen LogP contribution in [0.2, 0.25) is 0 Å². The number of furan rings is 1. The number of carboxylic acids is 1. The monoisotopic (exact) mass is 324 g/mol. The topological polar surface area (TPSA) is 92.0 Å². The van der Waals surface area contributed by atoms with Gasteiger partial charge in [0.2, 0.25) is 0 Å². The van der Waals surface area contributed by atoms with Crippen LogP contribution in [-0.2, 0) is 16.0 Å². The zero-order chi connectivity index (χ0) is 17.0. The van der Waals surface area contributed by atoms with Crippen LogP contribution >= 0.6 is 0 Å². The van der Waals surface area contributed by atoms with Crippen molar-refractivity contribution < 1.29 is 23.8 Å². The number of likely N-dealkylation sites (tertiary alicyclic amines) is 1. The fourth-order valence-corrected chi connectivity index (χ4v) is 2.68. The lowest BCUT2D eigenvalue weighted by molar-refractivity contribution is -0.147. The third kappa shape index (κ3) is 3.85. The zero-order valence-corrected chi connectivity index (χ0v) is 13.8. The molecule has 23 heavy (non-hydrogen) atoms. The van der Waals surface area contributed by atoms with Gasteiger partial charge >= 0.3 is 12.0 Å². The van der Waals surface area contributed by atoms with E-state index in [1.165, 1.54) is 4.90 Å². The molecule has 7 nitrogen and oxygen atoms in total. The van der Waals surface area contributed by atoms with Gasteiger partial charge in [-0.3, -0.25) is 4.79 Å². The number of urea groups is 1. The van der Waals surface area contributed by atoms with Crippen molar-refractivity contribution >= 4 is 12.0 Å². The first kappa shape index (κ1) is 17.3. The summed E-state index contributed by atoms with van der Waals surface area (Å²) in [5, 5.41) is 12.1. The number of nitrogens with zero attached hydrogens (tertiary/aromatic N) is 1. The van der Waals surface area contributed by atoms with E-state index in [0.717, 1.165) is 12.2 Å². The van der Waals surface area contributed by atoms with Gasteiger partial charge in [0, 0.05) is 26.6 Å². The molecule has 1 aromatic heterocycles. The summed E-state index contributed by atoms with van der Waals surface area (Å²) in [6.07, 6.45) is 1.22. The highest BCUT2D eigenvalue weighted by atomic mass is 16.5. The summed E-state index contributed by atoms with van der Waals surface area (Å²) in [7, 11) is 1.56. The van der Waals surface area contributed by atoms with Gasteiger partial charge in [0.15, 0.2) is 0 Å². The predicted molar refractivity (Wildman–Crippen MR) is 83.2 cm³/mol. The molecule has 2 unspecified atom stereocenters. The van der Waals surface area contributed by atoms with Crippen molar-refractivity contribution in [3.8, 4) is 0 Å². The molecule has 1 saturated heterocycles. The molecule has 2 N–H and O–H groups in total. The quantitative estimate of drug-likeness (QED) is 0.835. The molecule has 0 spiro atoms. The number of aliphatic carboxylic acids is 1. The standard InChI is InChI=1S/C16H24N2O5/c1-4-11-5-6-13(23-11)12(9-22-3)17-15(21)18-8-7-16(2,10-18)14(19)20/h5-6,12H,4,7-10H2,1-3H3,(H,17,21)(H,19,20). The minimum absolute atomic E-state index is 0.201. The molecule has 7 heteroatoms. The van der Waals surface area contributed by atoms with Crippen LogP contribution in [0.1, 0.15) is 37.8 Å². The van der Waals surface area contributed by atoms with Crippen LogP contribution in [0, 0.1) is 5.41 Å². The Labute approximate surface area is 135 Å². The Hall–Kier alpha value is -2.02. The summed E-state index contributed by atoms with van der Waals surface area (Å²) < 4.78 is 10.8. The van der Waals surface area contributed by atoms with Crippen molar-refractivity contribution in [2.45, 2.75) is 32.7 Å². The van der Waals surface area contributed by atoms with Crippen molar-refractivity contribution in [3.63, 3.8) is 0 Å². The number of carboxylic acid groups (broad SMARTS) is 1. The van der Waals surface area contributed by atoms with Gasteiger partial charge < -0.3 is 24.5 Å². The second-order valence-electron chi connectivity index (χ2n) is 6.15. The smallest absolute Gasteiger partial charge is 0.318 e. The largest absolute Gasteiger partial charge is 0.481 e. The lowest BCUT2D eigenvalue weighted by Crippen LogP contribution is -2.43. The van der Waals surface area contributed by atoms with E-state index in [2.05, 4.69) is 5.32 Å². The summed E-state index contributed by atoms with van der Waals surface area (Å²) in [5.74, 6) is 0.604. The Balaban J connectivity index is 2.03. The SMILES string of the molecule is CCc1ccc(C(COC)NC(=O)N2CCC(C)(C(=O)O)C2)o1. The molecule has 0 aromatic carbocycles. The summed E-state index contributed by atoms with van der Waals surface area (Å²) in [6.45, 7) is 4.56. The van der Waals surface area contributed by atoms with Gasteiger partial charge in [-0.05, 0) is 25.5 Å². The van der Waals surface area contributed by atoms with Crippen LogP contribution in [-0.4, -0.2) is 48.8 Å². The summed E-state index contributed by atoms with van der Waals surface area (Å²) in [4.78, 5) is 25.2. The van der Waals surface area contributed by atoms with E-state index in [1.807, 2.05) is 19.1 Å². The van der Waals surface area contributed by atoms with E-state index >= 15 is 0 Å². The minimum atomic E-state index is -0.881. The molecule has 2 amide bonds. The van der Waals surface area contributed by atoms with Crippen LogP contribution < -0.4 is 5.32 Å². The molecule has 1 fully saturated rings. The van der Waals surface area contributed by atoms with E-state index in [0.29, 0.717) is 18.7 Å². The van der Waals surface area contributed by atoms with Crippen molar-refractivity contribution in [2.75, 3.05) is 26.8 Å². The van der Waals surface area contributed by atoms with Gasteiger partial charge in [-0.1, -0.05) is 6.92 Å². The number of carbonyl (C=O) groups is 2. The maximum Gasteiger partial charge on any atom is 0.318 e. The normalized spacial score (nSPS) is 22.1. The van der Waals surface area contributed by atoms with Crippen LogP contribution in [0.25, 0.3) is 0 Å². The van der Waals surface area contributed by atoms with Crippen molar-refractivity contribution in [3.05, 3.63) is 23.7 Å². The van der Waals surface area contributed by atoms with E-state index in [1.54, 1.807) is 14.0 Å². The highest BCUT2D eigenvalue weighted by Crippen LogP contribution is 2.30. The van der Waals surface area contributed by atoms with Gasteiger partial charge in [-0.25, -0.2) is 4.79 Å². The molecule has 2 rings (SSSR count). The molecule has 0 aliphatic carbocycles. The number of aryl methyl sites for hydroxylation is 1. The zero-order valence-electron chi connectivity index (χ0n) is 13.8. The third-order valence-corrected chi connectivity index (χ3v) is 4.28. The molecule has 2 atom stereocenters.